The maximum atomic E-state index is 12.4. The quantitative estimate of drug-likeness (QED) is 0.737. The molecular formula is C18H27N3O2. The fourth-order valence-corrected chi connectivity index (χ4v) is 3.23. The summed E-state index contributed by atoms with van der Waals surface area (Å²) in [6.45, 7) is 2.23. The lowest BCUT2D eigenvalue weighted by atomic mass is 9.79. The number of rotatable bonds is 6. The lowest BCUT2D eigenvalue weighted by molar-refractivity contribution is -0.121. The van der Waals surface area contributed by atoms with Crippen LogP contribution in [0.1, 0.15) is 51.9 Å². The lowest BCUT2D eigenvalue weighted by Crippen LogP contribution is -2.27. The van der Waals surface area contributed by atoms with Crippen LogP contribution in [0.4, 0.5) is 16.2 Å². The van der Waals surface area contributed by atoms with Crippen molar-refractivity contribution in [2.24, 2.45) is 17.6 Å². The predicted octanol–water partition coefficient (Wildman–Crippen LogP) is 4.11. The molecule has 0 atom stereocenters. The highest BCUT2D eigenvalue weighted by atomic mass is 16.2. The summed E-state index contributed by atoms with van der Waals surface area (Å²) in [6.07, 6.45) is 8.16. The van der Waals surface area contributed by atoms with Crippen molar-refractivity contribution >= 4 is 23.3 Å². The number of unbranched alkanes of at least 4 members (excludes halogenated alkanes) is 1. The molecule has 0 radical (unpaired) electrons. The molecule has 4 N–H and O–H groups in total. The highest BCUT2D eigenvalue weighted by molar-refractivity contribution is 5.93. The van der Waals surface area contributed by atoms with Gasteiger partial charge in [-0.3, -0.25) is 4.79 Å². The molecule has 3 amide bonds. The van der Waals surface area contributed by atoms with E-state index in [0.717, 1.165) is 24.4 Å². The molecule has 5 nitrogen and oxygen atoms in total. The Bertz CT molecular complexity index is 520. The number of hydrogen-bond acceptors (Lipinski definition) is 2. The molecule has 5 heteroatoms. The summed E-state index contributed by atoms with van der Waals surface area (Å²) < 4.78 is 0. The van der Waals surface area contributed by atoms with Gasteiger partial charge in [0, 0.05) is 17.3 Å². The number of anilines is 2. The Morgan fingerprint density at radius 2 is 1.61 bits per heavy atom. The highest BCUT2D eigenvalue weighted by Gasteiger charge is 2.25. The summed E-state index contributed by atoms with van der Waals surface area (Å²) >= 11 is 0. The van der Waals surface area contributed by atoms with Gasteiger partial charge in [-0.05, 0) is 55.9 Å². The molecule has 1 aliphatic carbocycles. The van der Waals surface area contributed by atoms with Crippen LogP contribution in [0, 0.1) is 11.8 Å². The summed E-state index contributed by atoms with van der Waals surface area (Å²) in [6, 6.07) is 6.40. The molecule has 0 aliphatic heterocycles. The molecule has 1 aromatic carbocycles. The number of hydrogen-bond donors (Lipinski definition) is 3. The third-order valence-corrected chi connectivity index (χ3v) is 4.60. The summed E-state index contributed by atoms with van der Waals surface area (Å²) in [5, 5.41) is 5.46. The van der Waals surface area contributed by atoms with E-state index in [2.05, 4.69) is 17.6 Å². The third-order valence-electron chi connectivity index (χ3n) is 4.60. The van der Waals surface area contributed by atoms with Crippen LogP contribution in [0.3, 0.4) is 0 Å². The second kappa shape index (κ2) is 8.56. The van der Waals surface area contributed by atoms with E-state index in [1.165, 1.54) is 32.1 Å². The summed E-state index contributed by atoms with van der Waals surface area (Å²) in [7, 11) is 0. The second-order valence-electron chi connectivity index (χ2n) is 6.42. The van der Waals surface area contributed by atoms with Gasteiger partial charge in [0.05, 0.1) is 0 Å². The van der Waals surface area contributed by atoms with Gasteiger partial charge in [0.2, 0.25) is 5.91 Å². The molecule has 0 spiro atoms. The van der Waals surface area contributed by atoms with Crippen molar-refractivity contribution in [2.45, 2.75) is 51.9 Å². The maximum Gasteiger partial charge on any atom is 0.316 e. The largest absolute Gasteiger partial charge is 0.351 e. The van der Waals surface area contributed by atoms with E-state index in [4.69, 9.17) is 5.73 Å². The molecule has 0 unspecified atom stereocenters. The summed E-state index contributed by atoms with van der Waals surface area (Å²) in [5.74, 6) is 1.03. The number of nitrogens with two attached hydrogens (primary N) is 1. The zero-order chi connectivity index (χ0) is 16.7. The van der Waals surface area contributed by atoms with Gasteiger partial charge in [0.15, 0.2) is 0 Å². The lowest BCUT2D eigenvalue weighted by Gasteiger charge is -2.27. The van der Waals surface area contributed by atoms with Gasteiger partial charge in [-0.2, -0.15) is 0 Å². The average molecular weight is 317 g/mol. The number of nitrogens with one attached hydrogen (secondary N) is 2. The molecule has 0 aromatic heterocycles. The van der Waals surface area contributed by atoms with Crippen molar-refractivity contribution in [1.82, 2.24) is 0 Å². The molecule has 1 fully saturated rings. The minimum absolute atomic E-state index is 0.106. The maximum absolute atomic E-state index is 12.4. The molecule has 1 saturated carbocycles. The standard InChI is InChI=1S/C18H27N3O2/c1-2-3-4-13-5-7-14(8-6-13)17(22)20-15-9-11-16(12-10-15)21-18(19)23/h9-14H,2-8H2,1H3,(H,20,22)(H3,19,21,23). The molecule has 23 heavy (non-hydrogen) atoms. The van der Waals surface area contributed by atoms with Crippen molar-refractivity contribution in [3.05, 3.63) is 24.3 Å². The third kappa shape index (κ3) is 5.58. The first-order valence-corrected chi connectivity index (χ1v) is 8.56. The summed E-state index contributed by atoms with van der Waals surface area (Å²) in [4.78, 5) is 23.1. The first-order chi connectivity index (χ1) is 11.1. The van der Waals surface area contributed by atoms with Crippen molar-refractivity contribution < 1.29 is 9.59 Å². The Kier molecular flexibility index (Phi) is 6.44. The van der Waals surface area contributed by atoms with Gasteiger partial charge in [0.25, 0.3) is 0 Å². The van der Waals surface area contributed by atoms with Crippen molar-refractivity contribution in [1.29, 1.82) is 0 Å². The van der Waals surface area contributed by atoms with E-state index >= 15 is 0 Å². The molecule has 1 aliphatic rings. The van der Waals surface area contributed by atoms with Gasteiger partial charge in [-0.25, -0.2) is 4.79 Å². The van der Waals surface area contributed by atoms with Crippen LogP contribution in [0.15, 0.2) is 24.3 Å². The first-order valence-electron chi connectivity index (χ1n) is 8.56. The molecule has 0 heterocycles. The number of carbonyl (C=O) groups is 2. The minimum Gasteiger partial charge on any atom is -0.351 e. The average Bonchev–Trinajstić information content (AvgIpc) is 2.54. The van der Waals surface area contributed by atoms with Crippen LogP contribution in [0.2, 0.25) is 0 Å². The zero-order valence-corrected chi connectivity index (χ0v) is 13.8. The van der Waals surface area contributed by atoms with E-state index in [0.29, 0.717) is 5.69 Å². The van der Waals surface area contributed by atoms with E-state index < -0.39 is 6.03 Å². The van der Waals surface area contributed by atoms with Crippen molar-refractivity contribution in [2.75, 3.05) is 10.6 Å². The number of amides is 3. The van der Waals surface area contributed by atoms with E-state index in [1.54, 1.807) is 24.3 Å². The minimum atomic E-state index is -0.596. The topological polar surface area (TPSA) is 84.2 Å². The number of urea groups is 1. The Hall–Kier alpha value is -2.04. The van der Waals surface area contributed by atoms with Crippen LogP contribution < -0.4 is 16.4 Å². The van der Waals surface area contributed by atoms with E-state index in [1.807, 2.05) is 0 Å². The Morgan fingerprint density at radius 1 is 1.04 bits per heavy atom. The molecular weight excluding hydrogens is 290 g/mol. The van der Waals surface area contributed by atoms with Gasteiger partial charge in [-0.15, -0.1) is 0 Å². The number of benzene rings is 1. The van der Waals surface area contributed by atoms with Crippen LogP contribution in [-0.4, -0.2) is 11.9 Å². The molecule has 2 rings (SSSR count). The monoisotopic (exact) mass is 317 g/mol. The number of carbonyl (C=O) groups excluding carboxylic acids is 2. The highest BCUT2D eigenvalue weighted by Crippen LogP contribution is 2.32. The Labute approximate surface area is 138 Å². The van der Waals surface area contributed by atoms with Gasteiger partial charge < -0.3 is 16.4 Å². The fourth-order valence-electron chi connectivity index (χ4n) is 3.23. The molecule has 0 saturated heterocycles. The fraction of sp³-hybridized carbons (Fsp3) is 0.556. The van der Waals surface area contributed by atoms with E-state index in [9.17, 15) is 9.59 Å². The Balaban J connectivity index is 1.79. The molecule has 1 aromatic rings. The second-order valence-corrected chi connectivity index (χ2v) is 6.42. The van der Waals surface area contributed by atoms with Gasteiger partial charge >= 0.3 is 6.03 Å². The van der Waals surface area contributed by atoms with Gasteiger partial charge in [-0.1, -0.05) is 26.2 Å². The van der Waals surface area contributed by atoms with Crippen molar-refractivity contribution in [3.8, 4) is 0 Å². The van der Waals surface area contributed by atoms with Crippen LogP contribution in [0.25, 0.3) is 0 Å². The smallest absolute Gasteiger partial charge is 0.316 e. The Morgan fingerprint density at radius 3 is 2.13 bits per heavy atom. The SMILES string of the molecule is CCCCC1CCC(C(=O)Nc2ccc(NC(N)=O)cc2)CC1. The van der Waals surface area contributed by atoms with E-state index in [-0.39, 0.29) is 11.8 Å². The van der Waals surface area contributed by atoms with Crippen LogP contribution in [0.5, 0.6) is 0 Å². The van der Waals surface area contributed by atoms with Crippen LogP contribution >= 0.6 is 0 Å². The normalized spacial score (nSPS) is 20.7. The zero-order valence-electron chi connectivity index (χ0n) is 13.8. The molecule has 126 valence electrons. The first kappa shape index (κ1) is 17.3. The predicted molar refractivity (Wildman–Crippen MR) is 93.3 cm³/mol. The van der Waals surface area contributed by atoms with Crippen molar-refractivity contribution in [3.63, 3.8) is 0 Å². The van der Waals surface area contributed by atoms with Crippen LogP contribution in [-0.2, 0) is 4.79 Å². The number of primary amides is 1. The molecule has 0 bridgehead atoms. The van der Waals surface area contributed by atoms with Gasteiger partial charge in [0.1, 0.15) is 0 Å². The summed E-state index contributed by atoms with van der Waals surface area (Å²) in [5.41, 5.74) is 6.43.